The van der Waals surface area contributed by atoms with Gasteiger partial charge in [-0.3, -0.25) is 9.63 Å². The molecule has 1 unspecified atom stereocenters. The van der Waals surface area contributed by atoms with Crippen molar-refractivity contribution in [2.24, 2.45) is 29.1 Å². The summed E-state index contributed by atoms with van der Waals surface area (Å²) in [4.78, 5) is 17.2. The molecule has 4 aliphatic rings. The van der Waals surface area contributed by atoms with Crippen LogP contribution in [0.4, 0.5) is 0 Å². The van der Waals surface area contributed by atoms with E-state index in [1.165, 1.54) is 19.3 Å². The maximum absolute atomic E-state index is 12.5. The first-order valence-electron chi connectivity index (χ1n) is 7.25. The molecule has 0 aliphatic heterocycles. The Morgan fingerprint density at radius 2 is 1.78 bits per heavy atom. The molecule has 4 fully saturated rings. The largest absolute Gasteiger partial charge is 0.353 e. The fourth-order valence-corrected chi connectivity index (χ4v) is 4.86. The first kappa shape index (κ1) is 12.4. The zero-order chi connectivity index (χ0) is 12.8. The summed E-state index contributed by atoms with van der Waals surface area (Å²) < 4.78 is 0. The van der Waals surface area contributed by atoms with E-state index < -0.39 is 0 Å². The van der Waals surface area contributed by atoms with Crippen LogP contribution >= 0.6 is 0 Å². The van der Waals surface area contributed by atoms with Gasteiger partial charge >= 0.3 is 0 Å². The summed E-state index contributed by atoms with van der Waals surface area (Å²) in [5.74, 6) is 7.80. The molecule has 4 rings (SSSR count). The molecule has 4 bridgehead atoms. The highest BCUT2D eigenvalue weighted by atomic mass is 16.6. The van der Waals surface area contributed by atoms with Crippen LogP contribution in [-0.2, 0) is 9.63 Å². The van der Waals surface area contributed by atoms with Crippen molar-refractivity contribution in [2.75, 3.05) is 6.54 Å². The molecule has 0 aromatic heterocycles. The second kappa shape index (κ2) is 4.49. The molecule has 0 aromatic rings. The first-order chi connectivity index (χ1) is 8.61. The highest BCUT2D eigenvalue weighted by Crippen LogP contribution is 2.60. The lowest BCUT2D eigenvalue weighted by Crippen LogP contribution is -2.54. The van der Waals surface area contributed by atoms with Gasteiger partial charge in [0.2, 0.25) is 5.91 Å². The number of rotatable bonds is 4. The minimum atomic E-state index is -0.108. The molecule has 0 spiro atoms. The Hall–Kier alpha value is -0.610. The Balaban J connectivity index is 1.66. The van der Waals surface area contributed by atoms with Crippen LogP contribution in [0.15, 0.2) is 0 Å². The summed E-state index contributed by atoms with van der Waals surface area (Å²) in [6.07, 6.45) is 7.34. The van der Waals surface area contributed by atoms with E-state index in [1.54, 1.807) is 0 Å². The summed E-state index contributed by atoms with van der Waals surface area (Å²) in [6.45, 7) is 2.40. The van der Waals surface area contributed by atoms with Gasteiger partial charge in [-0.25, -0.2) is 5.90 Å². The molecule has 1 atom stereocenters. The molecule has 0 heterocycles. The van der Waals surface area contributed by atoms with E-state index in [4.69, 9.17) is 10.7 Å². The zero-order valence-corrected chi connectivity index (χ0v) is 11.2. The van der Waals surface area contributed by atoms with Crippen LogP contribution in [-0.4, -0.2) is 18.6 Å². The lowest BCUT2D eigenvalue weighted by atomic mass is 9.49. The van der Waals surface area contributed by atoms with Crippen molar-refractivity contribution in [3.63, 3.8) is 0 Å². The van der Waals surface area contributed by atoms with E-state index in [-0.39, 0.29) is 17.4 Å². The lowest BCUT2D eigenvalue weighted by molar-refractivity contribution is -0.146. The van der Waals surface area contributed by atoms with E-state index in [1.807, 2.05) is 6.92 Å². The predicted molar refractivity (Wildman–Crippen MR) is 68.3 cm³/mol. The lowest BCUT2D eigenvalue weighted by Gasteiger charge is -2.55. The van der Waals surface area contributed by atoms with Gasteiger partial charge < -0.3 is 5.32 Å². The van der Waals surface area contributed by atoms with Gasteiger partial charge in [-0.1, -0.05) is 0 Å². The monoisotopic (exact) mass is 252 g/mol. The van der Waals surface area contributed by atoms with E-state index in [0.717, 1.165) is 37.0 Å². The summed E-state index contributed by atoms with van der Waals surface area (Å²) in [7, 11) is 0. The summed E-state index contributed by atoms with van der Waals surface area (Å²) in [5, 5.41) is 3.05. The van der Waals surface area contributed by atoms with E-state index >= 15 is 0 Å². The average Bonchev–Trinajstić information content (AvgIpc) is 2.33. The molecular formula is C14H24N2O2. The normalized spacial score (nSPS) is 42.9. The Morgan fingerprint density at radius 1 is 1.28 bits per heavy atom. The van der Waals surface area contributed by atoms with Crippen LogP contribution in [0.2, 0.25) is 0 Å². The molecule has 4 aliphatic carbocycles. The number of nitrogens with one attached hydrogen (secondary N) is 1. The molecule has 4 heteroatoms. The van der Waals surface area contributed by atoms with Crippen LogP contribution in [0.25, 0.3) is 0 Å². The Kier molecular flexibility index (Phi) is 3.10. The third-order valence-electron chi connectivity index (χ3n) is 5.30. The molecule has 3 N–H and O–H groups in total. The van der Waals surface area contributed by atoms with E-state index in [0.29, 0.717) is 6.54 Å². The van der Waals surface area contributed by atoms with E-state index in [9.17, 15) is 4.79 Å². The van der Waals surface area contributed by atoms with Crippen molar-refractivity contribution in [3.05, 3.63) is 0 Å². The van der Waals surface area contributed by atoms with Crippen molar-refractivity contribution >= 4 is 5.91 Å². The van der Waals surface area contributed by atoms with Gasteiger partial charge in [0.1, 0.15) is 0 Å². The number of carbonyl (C=O) groups excluding carboxylic acids is 1. The average molecular weight is 252 g/mol. The highest BCUT2D eigenvalue weighted by Gasteiger charge is 2.54. The minimum absolute atomic E-state index is 0.0525. The molecule has 0 saturated heterocycles. The Labute approximate surface area is 109 Å². The van der Waals surface area contributed by atoms with Gasteiger partial charge in [0.15, 0.2) is 0 Å². The third kappa shape index (κ3) is 2.05. The van der Waals surface area contributed by atoms with Crippen molar-refractivity contribution in [1.82, 2.24) is 5.32 Å². The van der Waals surface area contributed by atoms with Crippen molar-refractivity contribution in [1.29, 1.82) is 0 Å². The molecule has 18 heavy (non-hydrogen) atoms. The van der Waals surface area contributed by atoms with Crippen LogP contribution in [0.1, 0.15) is 45.4 Å². The Morgan fingerprint density at radius 3 is 2.22 bits per heavy atom. The molecule has 0 radical (unpaired) electrons. The molecule has 102 valence electrons. The molecule has 0 aromatic carbocycles. The minimum Gasteiger partial charge on any atom is -0.353 e. The standard InChI is InChI=1S/C14H24N2O2/c1-9(18-15)8-16-13(17)14-5-10-2-11(6-14)4-12(3-10)7-14/h9-12H,2-8,15H2,1H3,(H,16,17). The summed E-state index contributed by atoms with van der Waals surface area (Å²) in [5.41, 5.74) is -0.0525. The smallest absolute Gasteiger partial charge is 0.226 e. The second-order valence-corrected chi connectivity index (χ2v) is 6.85. The molecular weight excluding hydrogens is 228 g/mol. The van der Waals surface area contributed by atoms with Gasteiger partial charge in [0.25, 0.3) is 0 Å². The number of hydrogen-bond acceptors (Lipinski definition) is 3. The SMILES string of the molecule is CC(CNC(=O)C12CC3CC(CC(C3)C1)C2)ON. The summed E-state index contributed by atoms with van der Waals surface area (Å²) in [6, 6.07) is 0. The van der Waals surface area contributed by atoms with Crippen molar-refractivity contribution in [2.45, 2.75) is 51.6 Å². The maximum Gasteiger partial charge on any atom is 0.226 e. The first-order valence-corrected chi connectivity index (χ1v) is 7.25. The quantitative estimate of drug-likeness (QED) is 0.747. The second-order valence-electron chi connectivity index (χ2n) is 6.85. The summed E-state index contributed by atoms with van der Waals surface area (Å²) >= 11 is 0. The van der Waals surface area contributed by atoms with Crippen LogP contribution in [0.5, 0.6) is 0 Å². The molecule has 4 saturated carbocycles. The van der Waals surface area contributed by atoms with Crippen LogP contribution in [0, 0.1) is 23.2 Å². The van der Waals surface area contributed by atoms with Gasteiger partial charge in [-0.05, 0) is 63.2 Å². The predicted octanol–water partition coefficient (Wildman–Crippen LogP) is 1.60. The zero-order valence-electron chi connectivity index (χ0n) is 11.2. The van der Waals surface area contributed by atoms with E-state index in [2.05, 4.69) is 5.32 Å². The van der Waals surface area contributed by atoms with Gasteiger partial charge in [0, 0.05) is 12.0 Å². The van der Waals surface area contributed by atoms with Crippen molar-refractivity contribution in [3.8, 4) is 0 Å². The van der Waals surface area contributed by atoms with Crippen LogP contribution < -0.4 is 11.2 Å². The topological polar surface area (TPSA) is 64.3 Å². The van der Waals surface area contributed by atoms with Gasteiger partial charge in [0.05, 0.1) is 6.10 Å². The van der Waals surface area contributed by atoms with Crippen molar-refractivity contribution < 1.29 is 9.63 Å². The van der Waals surface area contributed by atoms with Gasteiger partial charge in [-0.2, -0.15) is 0 Å². The number of carbonyl (C=O) groups is 1. The van der Waals surface area contributed by atoms with Crippen LogP contribution in [0.3, 0.4) is 0 Å². The molecule has 4 nitrogen and oxygen atoms in total. The van der Waals surface area contributed by atoms with Gasteiger partial charge in [-0.15, -0.1) is 0 Å². The fourth-order valence-electron chi connectivity index (χ4n) is 4.86. The fraction of sp³-hybridized carbons (Fsp3) is 0.929. The molecule has 1 amide bonds. The number of hydrogen-bond donors (Lipinski definition) is 2. The maximum atomic E-state index is 12.5. The number of nitrogens with two attached hydrogens (primary N) is 1. The Bertz CT molecular complexity index is 307. The highest BCUT2D eigenvalue weighted by molar-refractivity contribution is 5.83. The number of amides is 1. The third-order valence-corrected chi connectivity index (χ3v) is 5.30.